The second-order valence-corrected chi connectivity index (χ2v) is 8.89. The quantitative estimate of drug-likeness (QED) is 0.600. The van der Waals surface area contributed by atoms with E-state index in [9.17, 15) is 10.1 Å². The van der Waals surface area contributed by atoms with E-state index >= 15 is 0 Å². The van der Waals surface area contributed by atoms with Crippen LogP contribution < -0.4 is 10.6 Å². The van der Waals surface area contributed by atoms with Crippen molar-refractivity contribution in [1.82, 2.24) is 15.6 Å². The summed E-state index contributed by atoms with van der Waals surface area (Å²) in [5.74, 6) is 2.28. The summed E-state index contributed by atoms with van der Waals surface area (Å²) in [5.41, 5.74) is 1.39. The number of amides is 1. The summed E-state index contributed by atoms with van der Waals surface area (Å²) in [6.07, 6.45) is 12.9. The SMILES string of the molecule is CC(NC(=O)/C(C#N)=C\NCc1cccnc1)C12CC3CC(CC(C3)C1)C2. The lowest BCUT2D eigenvalue weighted by Crippen LogP contribution is -2.56. The minimum atomic E-state index is -0.264. The van der Waals surface area contributed by atoms with Gasteiger partial charge in [0.25, 0.3) is 5.91 Å². The highest BCUT2D eigenvalue weighted by molar-refractivity contribution is 5.97. The Hall–Kier alpha value is -2.35. The summed E-state index contributed by atoms with van der Waals surface area (Å²) in [6.45, 7) is 2.68. The molecule has 1 unspecified atom stereocenters. The van der Waals surface area contributed by atoms with Crippen molar-refractivity contribution in [1.29, 1.82) is 5.26 Å². The third kappa shape index (κ3) is 3.71. The van der Waals surface area contributed by atoms with Crippen LogP contribution in [-0.4, -0.2) is 16.9 Å². The van der Waals surface area contributed by atoms with Crippen LogP contribution in [0.5, 0.6) is 0 Å². The Balaban J connectivity index is 1.37. The van der Waals surface area contributed by atoms with E-state index in [1.165, 1.54) is 44.7 Å². The summed E-state index contributed by atoms with van der Waals surface area (Å²) in [4.78, 5) is 16.7. The third-order valence-corrected chi connectivity index (χ3v) is 6.99. The molecule has 1 heterocycles. The molecule has 5 rings (SSSR count). The summed E-state index contributed by atoms with van der Waals surface area (Å²) in [7, 11) is 0. The number of carbonyl (C=O) groups excluding carboxylic acids is 1. The van der Waals surface area contributed by atoms with Gasteiger partial charge in [0.2, 0.25) is 0 Å². The smallest absolute Gasteiger partial charge is 0.263 e. The number of hydrogen-bond acceptors (Lipinski definition) is 4. The molecule has 4 aliphatic carbocycles. The van der Waals surface area contributed by atoms with E-state index in [-0.39, 0.29) is 22.9 Å². The second kappa shape index (κ2) is 7.34. The van der Waals surface area contributed by atoms with Crippen molar-refractivity contribution in [3.8, 4) is 6.07 Å². The topological polar surface area (TPSA) is 77.8 Å². The van der Waals surface area contributed by atoms with Gasteiger partial charge in [0.05, 0.1) is 0 Å². The molecule has 1 amide bonds. The fourth-order valence-electron chi connectivity index (χ4n) is 6.06. The van der Waals surface area contributed by atoms with Crippen LogP contribution in [0, 0.1) is 34.5 Å². The Morgan fingerprint density at radius 3 is 2.56 bits per heavy atom. The standard InChI is InChI=1S/C22H28N4O/c1-15(22-8-17-5-18(9-22)7-19(6-17)10-22)26-21(27)20(11-23)14-25-13-16-3-2-4-24-12-16/h2-4,12,14-15,17-19,25H,5-10,13H2,1H3,(H,26,27)/b20-14-. The second-order valence-electron chi connectivity index (χ2n) is 8.89. The molecule has 2 N–H and O–H groups in total. The van der Waals surface area contributed by atoms with Crippen LogP contribution in [-0.2, 0) is 11.3 Å². The molecule has 0 saturated heterocycles. The predicted octanol–water partition coefficient (Wildman–Crippen LogP) is 3.30. The number of nitriles is 1. The lowest BCUT2D eigenvalue weighted by molar-refractivity contribution is -0.122. The molecule has 0 aliphatic heterocycles. The normalized spacial score (nSPS) is 32.6. The molecule has 5 heteroatoms. The number of rotatable bonds is 6. The molecule has 4 saturated carbocycles. The summed E-state index contributed by atoms with van der Waals surface area (Å²) in [6, 6.07) is 5.98. The third-order valence-electron chi connectivity index (χ3n) is 6.99. The maximum Gasteiger partial charge on any atom is 0.263 e. The lowest BCUT2D eigenvalue weighted by Gasteiger charge is -2.59. The van der Waals surface area contributed by atoms with Crippen LogP contribution in [0.4, 0.5) is 0 Å². The van der Waals surface area contributed by atoms with Gasteiger partial charge in [-0.25, -0.2) is 0 Å². The Morgan fingerprint density at radius 2 is 2.00 bits per heavy atom. The Labute approximate surface area is 161 Å². The molecule has 0 radical (unpaired) electrons. The maximum atomic E-state index is 12.7. The highest BCUT2D eigenvalue weighted by Gasteiger charge is 2.53. The van der Waals surface area contributed by atoms with Crippen molar-refractivity contribution in [3.63, 3.8) is 0 Å². The van der Waals surface area contributed by atoms with Crippen LogP contribution in [0.15, 0.2) is 36.3 Å². The summed E-state index contributed by atoms with van der Waals surface area (Å²) in [5, 5.41) is 15.6. The van der Waals surface area contributed by atoms with E-state index in [0.29, 0.717) is 6.54 Å². The average molecular weight is 364 g/mol. The largest absolute Gasteiger partial charge is 0.386 e. The van der Waals surface area contributed by atoms with Gasteiger partial charge in [-0.2, -0.15) is 5.26 Å². The maximum absolute atomic E-state index is 12.7. The number of nitrogens with zero attached hydrogens (tertiary/aromatic N) is 2. The van der Waals surface area contributed by atoms with Crippen molar-refractivity contribution in [3.05, 3.63) is 41.9 Å². The molecule has 1 aromatic heterocycles. The summed E-state index contributed by atoms with van der Waals surface area (Å²) < 4.78 is 0. The van der Waals surface area contributed by atoms with Crippen LogP contribution in [0.3, 0.4) is 0 Å². The molecular formula is C22H28N4O. The van der Waals surface area contributed by atoms with Gasteiger partial charge >= 0.3 is 0 Å². The van der Waals surface area contributed by atoms with Crippen molar-refractivity contribution in [2.45, 2.75) is 58.0 Å². The Kier molecular flexibility index (Phi) is 4.90. The number of aromatic nitrogens is 1. The van der Waals surface area contributed by atoms with Crippen LogP contribution >= 0.6 is 0 Å². The molecule has 5 nitrogen and oxygen atoms in total. The zero-order chi connectivity index (χ0) is 18.9. The van der Waals surface area contributed by atoms with Crippen molar-refractivity contribution < 1.29 is 4.79 Å². The van der Waals surface area contributed by atoms with Gasteiger partial charge in [0.1, 0.15) is 11.6 Å². The van der Waals surface area contributed by atoms with Crippen molar-refractivity contribution >= 4 is 5.91 Å². The lowest BCUT2D eigenvalue weighted by atomic mass is 9.48. The zero-order valence-electron chi connectivity index (χ0n) is 15.9. The van der Waals surface area contributed by atoms with Gasteiger partial charge < -0.3 is 10.6 Å². The van der Waals surface area contributed by atoms with Crippen molar-refractivity contribution in [2.24, 2.45) is 23.2 Å². The first-order valence-corrected chi connectivity index (χ1v) is 10.1. The molecule has 142 valence electrons. The van der Waals surface area contributed by atoms with Crippen molar-refractivity contribution in [2.75, 3.05) is 0 Å². The number of pyridine rings is 1. The van der Waals surface area contributed by atoms with Gasteiger partial charge in [0.15, 0.2) is 0 Å². The van der Waals surface area contributed by atoms with Gasteiger partial charge in [-0.1, -0.05) is 6.07 Å². The highest BCUT2D eigenvalue weighted by atomic mass is 16.1. The van der Waals surface area contributed by atoms with E-state index in [0.717, 1.165) is 23.3 Å². The summed E-state index contributed by atoms with van der Waals surface area (Å²) >= 11 is 0. The predicted molar refractivity (Wildman–Crippen MR) is 103 cm³/mol. The fraction of sp³-hybridized carbons (Fsp3) is 0.591. The molecule has 1 atom stereocenters. The molecule has 1 aromatic rings. The van der Waals surface area contributed by atoms with E-state index in [2.05, 4.69) is 22.5 Å². The molecule has 4 aliphatic rings. The number of carbonyl (C=O) groups is 1. The van der Waals surface area contributed by atoms with Gasteiger partial charge in [-0.3, -0.25) is 9.78 Å². The number of nitrogens with one attached hydrogen (secondary N) is 2. The Bertz CT molecular complexity index is 729. The first-order valence-electron chi connectivity index (χ1n) is 10.1. The van der Waals surface area contributed by atoms with E-state index in [1.807, 2.05) is 18.2 Å². The molecule has 27 heavy (non-hydrogen) atoms. The number of hydrogen-bond donors (Lipinski definition) is 2. The van der Waals surface area contributed by atoms with Crippen LogP contribution in [0.1, 0.15) is 51.0 Å². The van der Waals surface area contributed by atoms with Gasteiger partial charge in [-0.15, -0.1) is 0 Å². The van der Waals surface area contributed by atoms with Gasteiger partial charge in [-0.05, 0) is 80.2 Å². The first kappa shape index (κ1) is 18.0. The molecule has 4 bridgehead atoms. The molecule has 4 fully saturated rings. The fourth-order valence-corrected chi connectivity index (χ4v) is 6.06. The van der Waals surface area contributed by atoms with Gasteiger partial charge in [0, 0.05) is 31.2 Å². The average Bonchev–Trinajstić information content (AvgIpc) is 2.65. The zero-order valence-corrected chi connectivity index (χ0v) is 15.9. The molecular weight excluding hydrogens is 336 g/mol. The van der Waals surface area contributed by atoms with Crippen LogP contribution in [0.2, 0.25) is 0 Å². The highest BCUT2D eigenvalue weighted by Crippen LogP contribution is 2.61. The van der Waals surface area contributed by atoms with E-state index in [1.54, 1.807) is 12.4 Å². The first-order chi connectivity index (χ1) is 13.1. The molecule has 0 spiro atoms. The minimum Gasteiger partial charge on any atom is -0.386 e. The van der Waals surface area contributed by atoms with E-state index < -0.39 is 0 Å². The minimum absolute atomic E-state index is 0.119. The monoisotopic (exact) mass is 364 g/mol. The molecule has 0 aromatic carbocycles. The van der Waals surface area contributed by atoms with E-state index in [4.69, 9.17) is 0 Å². The Morgan fingerprint density at radius 1 is 1.33 bits per heavy atom. The van der Waals surface area contributed by atoms with Crippen LogP contribution in [0.25, 0.3) is 0 Å².